The molecule has 0 saturated heterocycles. The lowest BCUT2D eigenvalue weighted by Crippen LogP contribution is -2.02. The number of nitrogens with zero attached hydrogens (tertiary/aromatic N) is 6. The van der Waals surface area contributed by atoms with Crippen LogP contribution in [0.4, 0.5) is 0 Å². The molecule has 118 valence electrons. The maximum Gasteiger partial charge on any atom is 0.157 e. The largest absolute Gasteiger partial charge is 0.497 e. The number of ether oxygens (including phenoxy) is 1. The number of methoxy groups -OCH3 is 1. The van der Waals surface area contributed by atoms with Gasteiger partial charge in [-0.05, 0) is 24.3 Å². The maximum atomic E-state index is 5.34. The molecule has 4 aromatic rings. The maximum absolute atomic E-state index is 5.34. The first-order valence-corrected chi connectivity index (χ1v) is 7.35. The van der Waals surface area contributed by atoms with Gasteiger partial charge < -0.3 is 4.74 Å². The first kappa shape index (κ1) is 14.1. The van der Waals surface area contributed by atoms with Crippen LogP contribution in [-0.2, 0) is 0 Å². The first-order valence-electron chi connectivity index (χ1n) is 7.35. The zero-order chi connectivity index (χ0) is 16.4. The standard InChI is InChI=1S/C17H14N6O/c1-24-13-4-5-14(16(10-13)22-8-2-6-20-22)15-11-17(19-12-18-15)23-9-3-7-21-23/h2-12H,1H3. The van der Waals surface area contributed by atoms with E-state index in [0.29, 0.717) is 5.82 Å². The monoisotopic (exact) mass is 318 g/mol. The molecule has 3 heterocycles. The van der Waals surface area contributed by atoms with Gasteiger partial charge >= 0.3 is 0 Å². The van der Waals surface area contributed by atoms with Crippen molar-refractivity contribution >= 4 is 0 Å². The zero-order valence-electron chi connectivity index (χ0n) is 12.9. The fourth-order valence-electron chi connectivity index (χ4n) is 2.48. The summed E-state index contributed by atoms with van der Waals surface area (Å²) in [6.45, 7) is 0. The van der Waals surface area contributed by atoms with E-state index < -0.39 is 0 Å². The molecule has 0 radical (unpaired) electrons. The molecule has 0 aliphatic carbocycles. The molecule has 24 heavy (non-hydrogen) atoms. The third kappa shape index (κ3) is 2.52. The minimum absolute atomic E-state index is 0.701. The molecule has 0 atom stereocenters. The SMILES string of the molecule is COc1ccc(-c2cc(-n3cccn3)ncn2)c(-n2cccn2)c1. The highest BCUT2D eigenvalue weighted by Crippen LogP contribution is 2.29. The highest BCUT2D eigenvalue weighted by Gasteiger charge is 2.12. The van der Waals surface area contributed by atoms with E-state index in [1.165, 1.54) is 6.33 Å². The van der Waals surface area contributed by atoms with Crippen LogP contribution in [0.25, 0.3) is 22.8 Å². The van der Waals surface area contributed by atoms with Crippen LogP contribution in [0.1, 0.15) is 0 Å². The first-order chi connectivity index (χ1) is 11.8. The van der Waals surface area contributed by atoms with E-state index in [4.69, 9.17) is 4.74 Å². The van der Waals surface area contributed by atoms with Crippen LogP contribution in [-0.4, -0.2) is 36.6 Å². The molecule has 0 aliphatic rings. The number of rotatable bonds is 4. The smallest absolute Gasteiger partial charge is 0.157 e. The molecular weight excluding hydrogens is 304 g/mol. The van der Waals surface area contributed by atoms with E-state index in [0.717, 1.165) is 22.7 Å². The summed E-state index contributed by atoms with van der Waals surface area (Å²) in [5.41, 5.74) is 2.59. The zero-order valence-corrected chi connectivity index (χ0v) is 12.9. The second kappa shape index (κ2) is 5.96. The van der Waals surface area contributed by atoms with Crippen LogP contribution in [0.2, 0.25) is 0 Å². The molecule has 0 saturated carbocycles. The van der Waals surface area contributed by atoms with Gasteiger partial charge in [0.05, 0.1) is 18.5 Å². The Morgan fingerprint density at radius 3 is 2.42 bits per heavy atom. The minimum Gasteiger partial charge on any atom is -0.497 e. The Morgan fingerprint density at radius 2 is 1.71 bits per heavy atom. The van der Waals surface area contributed by atoms with E-state index in [9.17, 15) is 0 Å². The highest BCUT2D eigenvalue weighted by molar-refractivity contribution is 5.72. The van der Waals surface area contributed by atoms with Crippen molar-refractivity contribution in [1.82, 2.24) is 29.5 Å². The Hall–Kier alpha value is -3.48. The van der Waals surface area contributed by atoms with E-state index in [-0.39, 0.29) is 0 Å². The van der Waals surface area contributed by atoms with Gasteiger partial charge in [-0.3, -0.25) is 0 Å². The van der Waals surface area contributed by atoms with Crippen molar-refractivity contribution in [2.75, 3.05) is 7.11 Å². The van der Waals surface area contributed by atoms with Gasteiger partial charge in [0.25, 0.3) is 0 Å². The van der Waals surface area contributed by atoms with Gasteiger partial charge in [0.2, 0.25) is 0 Å². The molecule has 0 unspecified atom stereocenters. The average molecular weight is 318 g/mol. The fourth-order valence-corrected chi connectivity index (χ4v) is 2.48. The van der Waals surface area contributed by atoms with Crippen LogP contribution < -0.4 is 4.74 Å². The van der Waals surface area contributed by atoms with Gasteiger partial charge in [-0.1, -0.05) is 0 Å². The van der Waals surface area contributed by atoms with Crippen molar-refractivity contribution < 1.29 is 4.74 Å². The van der Waals surface area contributed by atoms with E-state index >= 15 is 0 Å². The van der Waals surface area contributed by atoms with Gasteiger partial charge in [-0.25, -0.2) is 19.3 Å². The van der Waals surface area contributed by atoms with Crippen LogP contribution in [0.15, 0.2) is 67.5 Å². The summed E-state index contributed by atoms with van der Waals surface area (Å²) >= 11 is 0. The van der Waals surface area contributed by atoms with Gasteiger partial charge in [-0.2, -0.15) is 10.2 Å². The van der Waals surface area contributed by atoms with Crippen molar-refractivity contribution in [2.45, 2.75) is 0 Å². The Kier molecular flexibility index (Phi) is 3.51. The predicted molar refractivity (Wildman–Crippen MR) is 88.3 cm³/mol. The van der Waals surface area contributed by atoms with Crippen LogP contribution >= 0.6 is 0 Å². The molecule has 3 aromatic heterocycles. The molecule has 7 heteroatoms. The molecule has 1 aromatic carbocycles. The second-order valence-corrected chi connectivity index (χ2v) is 5.05. The molecule has 0 spiro atoms. The summed E-state index contributed by atoms with van der Waals surface area (Å²) in [5.74, 6) is 1.46. The molecule has 0 fully saturated rings. The number of aromatic nitrogens is 6. The lowest BCUT2D eigenvalue weighted by molar-refractivity contribution is 0.414. The molecule has 0 aliphatic heterocycles. The van der Waals surface area contributed by atoms with Crippen molar-refractivity contribution in [3.63, 3.8) is 0 Å². The number of hydrogen-bond acceptors (Lipinski definition) is 5. The predicted octanol–water partition coefficient (Wildman–Crippen LogP) is 2.52. The van der Waals surface area contributed by atoms with E-state index in [1.807, 2.05) is 48.8 Å². The Labute approximate surface area is 138 Å². The van der Waals surface area contributed by atoms with Gasteiger partial charge in [0.15, 0.2) is 5.82 Å². The van der Waals surface area contributed by atoms with Crippen molar-refractivity contribution in [3.8, 4) is 28.5 Å². The molecule has 0 amide bonds. The fraction of sp³-hybridized carbons (Fsp3) is 0.0588. The summed E-state index contributed by atoms with van der Waals surface area (Å²) < 4.78 is 8.82. The molecular formula is C17H14N6O. The lowest BCUT2D eigenvalue weighted by Gasteiger charge is -2.12. The summed E-state index contributed by atoms with van der Waals surface area (Å²) in [5, 5.41) is 8.53. The van der Waals surface area contributed by atoms with Crippen molar-refractivity contribution in [2.24, 2.45) is 0 Å². The molecule has 7 nitrogen and oxygen atoms in total. The molecule has 0 N–H and O–H groups in total. The summed E-state index contributed by atoms with van der Waals surface area (Å²) in [6, 6.07) is 11.4. The number of hydrogen-bond donors (Lipinski definition) is 0. The second-order valence-electron chi connectivity index (χ2n) is 5.05. The van der Waals surface area contributed by atoms with Gasteiger partial charge in [-0.15, -0.1) is 0 Å². The van der Waals surface area contributed by atoms with Crippen LogP contribution in [0, 0.1) is 0 Å². The Morgan fingerprint density at radius 1 is 0.917 bits per heavy atom. The van der Waals surface area contributed by atoms with Crippen LogP contribution in [0.3, 0.4) is 0 Å². The van der Waals surface area contributed by atoms with E-state index in [1.54, 1.807) is 28.9 Å². The summed E-state index contributed by atoms with van der Waals surface area (Å²) in [6.07, 6.45) is 8.70. The minimum atomic E-state index is 0.701. The van der Waals surface area contributed by atoms with Gasteiger partial charge in [0, 0.05) is 42.5 Å². The van der Waals surface area contributed by atoms with Crippen LogP contribution in [0.5, 0.6) is 5.75 Å². The quantitative estimate of drug-likeness (QED) is 0.578. The van der Waals surface area contributed by atoms with E-state index in [2.05, 4.69) is 20.2 Å². The average Bonchev–Trinajstić information content (AvgIpc) is 3.35. The lowest BCUT2D eigenvalue weighted by atomic mass is 10.1. The van der Waals surface area contributed by atoms with Crippen molar-refractivity contribution in [1.29, 1.82) is 0 Å². The molecule has 4 rings (SSSR count). The Balaban J connectivity index is 1.86. The third-order valence-corrected chi connectivity index (χ3v) is 3.62. The summed E-state index contributed by atoms with van der Waals surface area (Å²) in [4.78, 5) is 8.69. The van der Waals surface area contributed by atoms with Gasteiger partial charge in [0.1, 0.15) is 12.1 Å². The summed E-state index contributed by atoms with van der Waals surface area (Å²) in [7, 11) is 1.64. The Bertz CT molecular complexity index is 947. The van der Waals surface area contributed by atoms with Crippen molar-refractivity contribution in [3.05, 3.63) is 67.5 Å². The normalized spacial score (nSPS) is 10.7. The molecule has 0 bridgehead atoms. The highest BCUT2D eigenvalue weighted by atomic mass is 16.5. The number of benzene rings is 1. The third-order valence-electron chi connectivity index (χ3n) is 3.62. The topological polar surface area (TPSA) is 70.7 Å².